The molecule has 1 aliphatic rings. The Balaban J connectivity index is 1.55. The van der Waals surface area contributed by atoms with Crippen molar-refractivity contribution in [3.05, 3.63) is 65.8 Å². The molecule has 1 fully saturated rings. The zero-order valence-electron chi connectivity index (χ0n) is 15.7. The van der Waals surface area contributed by atoms with E-state index in [1.807, 2.05) is 0 Å². The minimum Gasteiger partial charge on any atom is -0.440 e. The highest BCUT2D eigenvalue weighted by molar-refractivity contribution is 6.04. The summed E-state index contributed by atoms with van der Waals surface area (Å²) in [5.74, 6) is -0.626. The van der Waals surface area contributed by atoms with Crippen LogP contribution in [-0.4, -0.2) is 30.0 Å². The van der Waals surface area contributed by atoms with Crippen LogP contribution in [0.4, 0.5) is 20.6 Å². The van der Waals surface area contributed by atoms with Gasteiger partial charge in [-0.25, -0.2) is 14.2 Å². The minimum atomic E-state index is -0.479. The van der Waals surface area contributed by atoms with Gasteiger partial charge in [0.1, 0.15) is 11.6 Å². The molecule has 0 aliphatic carbocycles. The van der Waals surface area contributed by atoms with Crippen LogP contribution in [0.25, 0.3) is 11.5 Å². The van der Waals surface area contributed by atoms with E-state index >= 15 is 0 Å². The molecule has 0 saturated carbocycles. The minimum absolute atomic E-state index is 0.0458. The summed E-state index contributed by atoms with van der Waals surface area (Å²) in [5, 5.41) is 5.55. The number of carbonyl (C=O) groups is 2. The lowest BCUT2D eigenvalue weighted by atomic mass is 10.2. The van der Waals surface area contributed by atoms with Crippen molar-refractivity contribution >= 4 is 23.3 Å². The number of hydrogen-bond acceptors (Lipinski definition) is 4. The summed E-state index contributed by atoms with van der Waals surface area (Å²) in [6, 6.07) is 12.9. The quantitative estimate of drug-likeness (QED) is 0.701. The predicted octanol–water partition coefficient (Wildman–Crippen LogP) is 3.96. The SMILES string of the molecule is Cc1oc(-c2ccccc2F)nc1C(=O)Nc1cccc(N2CCCNC2=O)c1. The summed E-state index contributed by atoms with van der Waals surface area (Å²) < 4.78 is 19.5. The molecule has 0 unspecified atom stereocenters. The van der Waals surface area contributed by atoms with E-state index in [1.54, 1.807) is 48.2 Å². The second kappa shape index (κ2) is 7.75. The van der Waals surface area contributed by atoms with E-state index in [9.17, 15) is 14.0 Å². The van der Waals surface area contributed by atoms with Crippen LogP contribution in [-0.2, 0) is 0 Å². The number of halogens is 1. The molecule has 0 bridgehead atoms. The highest BCUT2D eigenvalue weighted by atomic mass is 19.1. The zero-order valence-corrected chi connectivity index (χ0v) is 15.7. The standard InChI is InChI=1S/C21H19FN4O3/c1-13-18(25-20(29-13)16-8-2-3-9-17(16)22)19(27)24-14-6-4-7-15(12-14)26-11-5-10-23-21(26)28/h2-4,6-9,12H,5,10-11H2,1H3,(H,23,28)(H,24,27). The number of hydrogen-bond donors (Lipinski definition) is 2. The number of oxazole rings is 1. The molecule has 29 heavy (non-hydrogen) atoms. The van der Waals surface area contributed by atoms with E-state index in [1.165, 1.54) is 12.1 Å². The average molecular weight is 394 g/mol. The van der Waals surface area contributed by atoms with Gasteiger partial charge >= 0.3 is 6.03 Å². The lowest BCUT2D eigenvalue weighted by molar-refractivity contribution is 0.102. The van der Waals surface area contributed by atoms with Gasteiger partial charge in [0.25, 0.3) is 5.91 Å². The van der Waals surface area contributed by atoms with E-state index in [4.69, 9.17) is 4.42 Å². The number of nitrogens with one attached hydrogen (secondary N) is 2. The van der Waals surface area contributed by atoms with E-state index in [-0.39, 0.29) is 28.9 Å². The van der Waals surface area contributed by atoms with Crippen molar-refractivity contribution in [2.45, 2.75) is 13.3 Å². The fourth-order valence-corrected chi connectivity index (χ4v) is 3.17. The Hall–Kier alpha value is -3.68. The molecule has 2 aromatic carbocycles. The lowest BCUT2D eigenvalue weighted by Gasteiger charge is -2.27. The van der Waals surface area contributed by atoms with E-state index in [0.29, 0.717) is 24.5 Å². The zero-order chi connectivity index (χ0) is 20.4. The van der Waals surface area contributed by atoms with E-state index in [2.05, 4.69) is 15.6 Å². The fourth-order valence-electron chi connectivity index (χ4n) is 3.17. The molecule has 1 saturated heterocycles. The second-order valence-corrected chi connectivity index (χ2v) is 6.65. The van der Waals surface area contributed by atoms with Crippen LogP contribution >= 0.6 is 0 Å². The smallest absolute Gasteiger partial charge is 0.321 e. The van der Waals surface area contributed by atoms with Gasteiger partial charge in [-0.1, -0.05) is 18.2 Å². The Morgan fingerprint density at radius 3 is 2.86 bits per heavy atom. The molecule has 2 N–H and O–H groups in total. The van der Waals surface area contributed by atoms with Crippen molar-refractivity contribution in [1.82, 2.24) is 10.3 Å². The van der Waals surface area contributed by atoms with Gasteiger partial charge in [-0.05, 0) is 43.7 Å². The van der Waals surface area contributed by atoms with Crippen LogP contribution in [0.3, 0.4) is 0 Å². The number of urea groups is 1. The van der Waals surface area contributed by atoms with Crippen LogP contribution in [0.15, 0.2) is 52.9 Å². The number of aromatic nitrogens is 1. The molecule has 8 heteroatoms. The number of benzene rings is 2. The summed E-state index contributed by atoms with van der Waals surface area (Å²) in [5.41, 5.74) is 1.46. The van der Waals surface area contributed by atoms with Gasteiger partial charge in [0.15, 0.2) is 5.69 Å². The molecular weight excluding hydrogens is 375 g/mol. The number of nitrogens with zero attached hydrogens (tertiary/aromatic N) is 2. The summed E-state index contributed by atoms with van der Waals surface area (Å²) >= 11 is 0. The van der Waals surface area contributed by atoms with Crippen LogP contribution in [0.1, 0.15) is 22.7 Å². The third-order valence-electron chi connectivity index (χ3n) is 4.61. The monoisotopic (exact) mass is 394 g/mol. The van der Waals surface area contributed by atoms with Crippen LogP contribution in [0, 0.1) is 12.7 Å². The Morgan fingerprint density at radius 1 is 1.24 bits per heavy atom. The van der Waals surface area contributed by atoms with Crippen molar-refractivity contribution in [2.24, 2.45) is 0 Å². The van der Waals surface area contributed by atoms with E-state index < -0.39 is 11.7 Å². The summed E-state index contributed by atoms with van der Waals surface area (Å²) in [7, 11) is 0. The third kappa shape index (κ3) is 3.82. The molecule has 148 valence electrons. The lowest BCUT2D eigenvalue weighted by Crippen LogP contribution is -2.46. The first-order chi connectivity index (χ1) is 14.0. The highest BCUT2D eigenvalue weighted by Crippen LogP contribution is 2.26. The van der Waals surface area contributed by atoms with Crippen molar-refractivity contribution in [1.29, 1.82) is 0 Å². The van der Waals surface area contributed by atoms with E-state index in [0.717, 1.165) is 6.42 Å². The summed E-state index contributed by atoms with van der Waals surface area (Å²) in [4.78, 5) is 30.5. The fraction of sp³-hybridized carbons (Fsp3) is 0.190. The van der Waals surface area contributed by atoms with Crippen molar-refractivity contribution in [3.8, 4) is 11.5 Å². The maximum atomic E-state index is 14.0. The topological polar surface area (TPSA) is 87.5 Å². The molecule has 3 amide bonds. The van der Waals surface area contributed by atoms with Gasteiger partial charge < -0.3 is 15.1 Å². The van der Waals surface area contributed by atoms with Gasteiger partial charge in [-0.2, -0.15) is 0 Å². The Labute approximate surface area is 166 Å². The molecule has 1 aliphatic heterocycles. The van der Waals surface area contributed by atoms with Crippen LogP contribution in [0.5, 0.6) is 0 Å². The molecular formula is C21H19FN4O3. The maximum absolute atomic E-state index is 14.0. The predicted molar refractivity (Wildman–Crippen MR) is 106 cm³/mol. The summed E-state index contributed by atoms with van der Waals surface area (Å²) in [6.07, 6.45) is 0.847. The van der Waals surface area contributed by atoms with Crippen molar-refractivity contribution in [2.75, 3.05) is 23.3 Å². The molecule has 0 radical (unpaired) electrons. The normalized spacial score (nSPS) is 13.9. The first-order valence-electron chi connectivity index (χ1n) is 9.22. The largest absolute Gasteiger partial charge is 0.440 e. The van der Waals surface area contributed by atoms with Crippen LogP contribution in [0.2, 0.25) is 0 Å². The van der Waals surface area contributed by atoms with Gasteiger partial charge in [0.05, 0.1) is 5.56 Å². The van der Waals surface area contributed by atoms with Gasteiger partial charge in [-0.15, -0.1) is 0 Å². The molecule has 0 atom stereocenters. The number of carbonyl (C=O) groups excluding carboxylic acids is 2. The Bertz CT molecular complexity index is 1080. The number of rotatable bonds is 4. The molecule has 0 spiro atoms. The van der Waals surface area contributed by atoms with Crippen molar-refractivity contribution in [3.63, 3.8) is 0 Å². The van der Waals surface area contributed by atoms with Gasteiger partial charge in [0.2, 0.25) is 5.89 Å². The third-order valence-corrected chi connectivity index (χ3v) is 4.61. The molecule has 3 aromatic rings. The maximum Gasteiger partial charge on any atom is 0.321 e. The first-order valence-corrected chi connectivity index (χ1v) is 9.22. The highest BCUT2D eigenvalue weighted by Gasteiger charge is 2.22. The van der Waals surface area contributed by atoms with Gasteiger partial charge in [0, 0.05) is 24.5 Å². The second-order valence-electron chi connectivity index (χ2n) is 6.65. The van der Waals surface area contributed by atoms with Gasteiger partial charge in [-0.3, -0.25) is 9.69 Å². The average Bonchev–Trinajstić information content (AvgIpc) is 3.10. The first kappa shape index (κ1) is 18.7. The number of anilines is 2. The molecule has 7 nitrogen and oxygen atoms in total. The summed E-state index contributed by atoms with van der Waals surface area (Å²) in [6.45, 7) is 2.86. The van der Waals surface area contributed by atoms with Crippen LogP contribution < -0.4 is 15.5 Å². The molecule has 2 heterocycles. The molecule has 4 rings (SSSR count). The molecule has 1 aromatic heterocycles. The Kier molecular flexibility index (Phi) is 4.99. The number of aryl methyl sites for hydroxylation is 1. The Morgan fingerprint density at radius 2 is 2.07 bits per heavy atom. The number of amides is 3. The van der Waals surface area contributed by atoms with Crippen molar-refractivity contribution < 1.29 is 18.4 Å².